The zero-order chi connectivity index (χ0) is 14.5. The molecule has 0 amide bonds. The number of thioether (sulfide) groups is 1. The molecule has 0 spiro atoms. The van der Waals surface area contributed by atoms with Gasteiger partial charge in [0.25, 0.3) is 0 Å². The second-order valence-electron chi connectivity index (χ2n) is 5.76. The second-order valence-corrected chi connectivity index (χ2v) is 6.81. The number of rotatable bonds is 4. The summed E-state index contributed by atoms with van der Waals surface area (Å²) in [5, 5.41) is 0. The summed E-state index contributed by atoms with van der Waals surface area (Å²) in [5.74, 6) is 2.39. The standard InChI is InChI=1S/C20H22S/c1-16-19(18-11-6-3-7-12-18)13-8-14-20(16)21-15-17-9-4-2-5-10-17/h2-7,9-12,14,16,19H,8,13,15H2,1H3. The lowest BCUT2D eigenvalue weighted by molar-refractivity contribution is 0.485. The number of hydrogen-bond donors (Lipinski definition) is 0. The highest BCUT2D eigenvalue weighted by Gasteiger charge is 2.25. The molecule has 0 saturated carbocycles. The molecule has 2 aromatic carbocycles. The summed E-state index contributed by atoms with van der Waals surface area (Å²) in [6, 6.07) is 21.8. The highest BCUT2D eigenvalue weighted by molar-refractivity contribution is 8.02. The minimum Gasteiger partial charge on any atom is -0.126 e. The predicted octanol–water partition coefficient (Wildman–Crippen LogP) is 6.02. The van der Waals surface area contributed by atoms with Gasteiger partial charge in [-0.1, -0.05) is 73.7 Å². The normalized spacial score (nSPS) is 21.9. The van der Waals surface area contributed by atoms with Gasteiger partial charge in [0.15, 0.2) is 0 Å². The van der Waals surface area contributed by atoms with Crippen LogP contribution in [-0.4, -0.2) is 0 Å². The Bertz CT molecular complexity index is 586. The van der Waals surface area contributed by atoms with E-state index in [1.165, 1.54) is 24.0 Å². The maximum atomic E-state index is 2.46. The molecule has 1 heteroatoms. The fraction of sp³-hybridized carbons (Fsp3) is 0.300. The van der Waals surface area contributed by atoms with E-state index in [9.17, 15) is 0 Å². The largest absolute Gasteiger partial charge is 0.126 e. The molecule has 2 aromatic rings. The molecule has 21 heavy (non-hydrogen) atoms. The Hall–Kier alpha value is -1.47. The van der Waals surface area contributed by atoms with E-state index in [0.29, 0.717) is 11.8 Å². The Morgan fingerprint density at radius 1 is 0.952 bits per heavy atom. The molecule has 108 valence electrons. The molecule has 0 aliphatic heterocycles. The van der Waals surface area contributed by atoms with Gasteiger partial charge in [0.2, 0.25) is 0 Å². The summed E-state index contributed by atoms with van der Waals surface area (Å²) < 4.78 is 0. The summed E-state index contributed by atoms with van der Waals surface area (Å²) >= 11 is 2.02. The molecule has 1 aliphatic rings. The van der Waals surface area contributed by atoms with E-state index in [2.05, 4.69) is 73.7 Å². The molecular weight excluding hydrogens is 272 g/mol. The smallest absolute Gasteiger partial charge is 0.0228 e. The molecule has 0 radical (unpaired) electrons. The maximum Gasteiger partial charge on any atom is 0.0228 e. The van der Waals surface area contributed by atoms with Crippen molar-refractivity contribution in [1.29, 1.82) is 0 Å². The van der Waals surface area contributed by atoms with Crippen molar-refractivity contribution in [2.75, 3.05) is 0 Å². The molecule has 3 rings (SSSR count). The molecule has 0 bridgehead atoms. The average Bonchev–Trinajstić information content (AvgIpc) is 2.56. The lowest BCUT2D eigenvalue weighted by atomic mass is 9.80. The number of hydrogen-bond acceptors (Lipinski definition) is 1. The third kappa shape index (κ3) is 3.59. The predicted molar refractivity (Wildman–Crippen MR) is 93.4 cm³/mol. The Morgan fingerprint density at radius 3 is 2.33 bits per heavy atom. The zero-order valence-corrected chi connectivity index (χ0v) is 13.4. The fourth-order valence-corrected chi connectivity index (χ4v) is 4.31. The van der Waals surface area contributed by atoms with Crippen molar-refractivity contribution in [1.82, 2.24) is 0 Å². The van der Waals surface area contributed by atoms with Crippen molar-refractivity contribution in [2.45, 2.75) is 31.4 Å². The van der Waals surface area contributed by atoms with Crippen molar-refractivity contribution in [3.8, 4) is 0 Å². The molecule has 2 atom stereocenters. The van der Waals surface area contributed by atoms with Gasteiger partial charge in [-0.2, -0.15) is 0 Å². The summed E-state index contributed by atoms with van der Waals surface area (Å²) in [7, 11) is 0. The molecule has 0 fully saturated rings. The first-order valence-electron chi connectivity index (χ1n) is 7.76. The van der Waals surface area contributed by atoms with Crippen LogP contribution in [0.3, 0.4) is 0 Å². The molecule has 0 nitrogen and oxygen atoms in total. The van der Waals surface area contributed by atoms with Crippen LogP contribution >= 0.6 is 11.8 Å². The number of allylic oxidation sites excluding steroid dienone is 2. The Labute approximate surface area is 132 Å². The van der Waals surface area contributed by atoms with E-state index in [4.69, 9.17) is 0 Å². The van der Waals surface area contributed by atoms with Gasteiger partial charge in [-0.3, -0.25) is 0 Å². The minimum atomic E-state index is 0.634. The van der Waals surface area contributed by atoms with Gasteiger partial charge >= 0.3 is 0 Å². The molecule has 1 aliphatic carbocycles. The number of benzene rings is 2. The molecule has 0 N–H and O–H groups in total. The Morgan fingerprint density at radius 2 is 1.62 bits per heavy atom. The quantitative estimate of drug-likeness (QED) is 0.664. The van der Waals surface area contributed by atoms with Crippen LogP contribution in [0.25, 0.3) is 0 Å². The van der Waals surface area contributed by atoms with E-state index < -0.39 is 0 Å². The lowest BCUT2D eigenvalue weighted by Gasteiger charge is -2.30. The molecular formula is C20H22S. The molecule has 0 aromatic heterocycles. The van der Waals surface area contributed by atoms with E-state index in [1.54, 1.807) is 4.91 Å². The van der Waals surface area contributed by atoms with Crippen LogP contribution in [0.4, 0.5) is 0 Å². The van der Waals surface area contributed by atoms with E-state index in [-0.39, 0.29) is 0 Å². The van der Waals surface area contributed by atoms with Crippen LogP contribution in [-0.2, 0) is 5.75 Å². The van der Waals surface area contributed by atoms with Gasteiger partial charge in [-0.25, -0.2) is 0 Å². The second kappa shape index (κ2) is 7.00. The minimum absolute atomic E-state index is 0.634. The van der Waals surface area contributed by atoms with Crippen molar-refractivity contribution in [2.24, 2.45) is 5.92 Å². The van der Waals surface area contributed by atoms with Gasteiger partial charge in [-0.05, 0) is 40.7 Å². The van der Waals surface area contributed by atoms with E-state index in [1.807, 2.05) is 11.8 Å². The van der Waals surface area contributed by atoms with Crippen LogP contribution in [0.15, 0.2) is 71.6 Å². The molecule has 0 saturated heterocycles. The van der Waals surface area contributed by atoms with E-state index >= 15 is 0 Å². The SMILES string of the molecule is CC1C(SCc2ccccc2)=CCCC1c1ccccc1. The third-order valence-electron chi connectivity index (χ3n) is 4.35. The summed E-state index contributed by atoms with van der Waals surface area (Å²) in [4.78, 5) is 1.57. The van der Waals surface area contributed by atoms with Crippen LogP contribution in [0.1, 0.15) is 36.8 Å². The van der Waals surface area contributed by atoms with E-state index in [0.717, 1.165) is 5.75 Å². The van der Waals surface area contributed by atoms with Crippen LogP contribution < -0.4 is 0 Å². The maximum absolute atomic E-state index is 2.46. The van der Waals surface area contributed by atoms with Gasteiger partial charge in [0.1, 0.15) is 0 Å². The third-order valence-corrected chi connectivity index (χ3v) is 5.70. The topological polar surface area (TPSA) is 0 Å². The summed E-state index contributed by atoms with van der Waals surface area (Å²) in [5.41, 5.74) is 2.91. The van der Waals surface area contributed by atoms with Gasteiger partial charge in [0.05, 0.1) is 0 Å². The van der Waals surface area contributed by atoms with Gasteiger partial charge in [-0.15, -0.1) is 11.8 Å². The highest BCUT2D eigenvalue weighted by atomic mass is 32.2. The van der Waals surface area contributed by atoms with Crippen molar-refractivity contribution in [3.63, 3.8) is 0 Å². The highest BCUT2D eigenvalue weighted by Crippen LogP contribution is 2.43. The summed E-state index contributed by atoms with van der Waals surface area (Å²) in [6.07, 6.45) is 4.94. The molecule has 2 unspecified atom stereocenters. The Kier molecular flexibility index (Phi) is 4.82. The van der Waals surface area contributed by atoms with Crippen molar-refractivity contribution in [3.05, 3.63) is 82.8 Å². The first kappa shape index (κ1) is 14.5. The Balaban J connectivity index is 1.67. The van der Waals surface area contributed by atoms with Gasteiger partial charge in [0, 0.05) is 5.75 Å². The van der Waals surface area contributed by atoms with Crippen molar-refractivity contribution < 1.29 is 0 Å². The molecule has 0 heterocycles. The first-order valence-corrected chi connectivity index (χ1v) is 8.75. The van der Waals surface area contributed by atoms with Crippen molar-refractivity contribution >= 4 is 11.8 Å². The first-order chi connectivity index (χ1) is 10.3. The van der Waals surface area contributed by atoms with Gasteiger partial charge < -0.3 is 0 Å². The zero-order valence-electron chi connectivity index (χ0n) is 12.5. The fourth-order valence-electron chi connectivity index (χ4n) is 3.13. The average molecular weight is 294 g/mol. The monoisotopic (exact) mass is 294 g/mol. The van der Waals surface area contributed by atoms with Crippen LogP contribution in [0.2, 0.25) is 0 Å². The van der Waals surface area contributed by atoms with Crippen LogP contribution in [0.5, 0.6) is 0 Å². The lowest BCUT2D eigenvalue weighted by Crippen LogP contribution is -2.15. The van der Waals surface area contributed by atoms with Crippen LogP contribution in [0, 0.1) is 5.92 Å². The summed E-state index contributed by atoms with van der Waals surface area (Å²) in [6.45, 7) is 2.39.